The first-order valence-electron chi connectivity index (χ1n) is 6.07. The normalized spacial score (nSPS) is 12.4. The van der Waals surface area contributed by atoms with E-state index in [0.29, 0.717) is 0 Å². The van der Waals surface area contributed by atoms with E-state index in [1.54, 1.807) is 7.11 Å². The van der Waals surface area contributed by atoms with Gasteiger partial charge in [0, 0.05) is 30.5 Å². The van der Waals surface area contributed by atoms with E-state index < -0.39 is 0 Å². The fourth-order valence-electron chi connectivity index (χ4n) is 2.08. The number of nitrogens with zero attached hydrogens (tertiary/aromatic N) is 2. The van der Waals surface area contributed by atoms with Crippen molar-refractivity contribution >= 4 is 0 Å². The summed E-state index contributed by atoms with van der Waals surface area (Å²) >= 11 is 0. The van der Waals surface area contributed by atoms with E-state index in [4.69, 9.17) is 10.5 Å². The molecule has 0 spiro atoms. The Morgan fingerprint density at radius 2 is 2.11 bits per heavy atom. The van der Waals surface area contributed by atoms with E-state index >= 15 is 0 Å². The van der Waals surface area contributed by atoms with Crippen molar-refractivity contribution in [2.24, 2.45) is 12.8 Å². The summed E-state index contributed by atoms with van der Waals surface area (Å²) in [6.45, 7) is 0. The number of hydrogen-bond donors (Lipinski definition) is 1. The molecule has 1 aromatic heterocycles. The highest BCUT2D eigenvalue weighted by Crippen LogP contribution is 2.25. The maximum atomic E-state index is 6.23. The molecule has 0 bridgehead atoms. The van der Waals surface area contributed by atoms with Gasteiger partial charge in [-0.2, -0.15) is 5.10 Å². The van der Waals surface area contributed by atoms with E-state index in [9.17, 15) is 0 Å². The molecule has 0 amide bonds. The average molecular weight is 245 g/mol. The topological polar surface area (TPSA) is 53.1 Å². The Morgan fingerprint density at radius 3 is 2.78 bits per heavy atom. The third-order valence-corrected chi connectivity index (χ3v) is 3.17. The molecule has 0 saturated carbocycles. The predicted molar refractivity (Wildman–Crippen MR) is 71.5 cm³/mol. The van der Waals surface area contributed by atoms with Crippen molar-refractivity contribution in [1.29, 1.82) is 0 Å². The van der Waals surface area contributed by atoms with Crippen LogP contribution in [0.1, 0.15) is 23.7 Å². The van der Waals surface area contributed by atoms with Gasteiger partial charge in [-0.1, -0.05) is 18.2 Å². The number of ether oxygens (including phenoxy) is 1. The van der Waals surface area contributed by atoms with Crippen molar-refractivity contribution in [3.05, 3.63) is 47.8 Å². The highest BCUT2D eigenvalue weighted by Gasteiger charge is 2.12. The minimum Gasteiger partial charge on any atom is -0.496 e. The first-order chi connectivity index (χ1) is 8.72. The molecule has 1 aromatic carbocycles. The van der Waals surface area contributed by atoms with Gasteiger partial charge in [-0.25, -0.2) is 0 Å². The zero-order valence-corrected chi connectivity index (χ0v) is 10.8. The number of rotatable bonds is 5. The smallest absolute Gasteiger partial charge is 0.123 e. The summed E-state index contributed by atoms with van der Waals surface area (Å²) in [5, 5.41) is 4.15. The predicted octanol–water partition coefficient (Wildman–Crippen LogP) is 2.06. The number of aromatic nitrogens is 2. The number of hydrogen-bond acceptors (Lipinski definition) is 3. The highest BCUT2D eigenvalue weighted by molar-refractivity contribution is 5.35. The van der Waals surface area contributed by atoms with Crippen LogP contribution in [0, 0.1) is 0 Å². The molecule has 1 atom stereocenters. The number of para-hydroxylation sites is 1. The minimum atomic E-state index is -0.0175. The maximum Gasteiger partial charge on any atom is 0.123 e. The van der Waals surface area contributed by atoms with Crippen molar-refractivity contribution in [3.63, 3.8) is 0 Å². The second-order valence-corrected chi connectivity index (χ2v) is 4.33. The Balaban J connectivity index is 2.03. The fraction of sp³-hybridized carbons (Fsp3) is 0.357. The Hall–Kier alpha value is -1.81. The van der Waals surface area contributed by atoms with Crippen LogP contribution in [0.5, 0.6) is 5.75 Å². The standard InChI is InChI=1S/C14H19N3O/c1-17-11(9-10-16-17)7-8-13(15)12-5-3-4-6-14(12)18-2/h3-6,9-10,13H,7-8,15H2,1-2H3. The van der Waals surface area contributed by atoms with Gasteiger partial charge in [0.2, 0.25) is 0 Å². The van der Waals surface area contributed by atoms with Gasteiger partial charge in [-0.15, -0.1) is 0 Å². The van der Waals surface area contributed by atoms with Crippen molar-refractivity contribution < 1.29 is 4.74 Å². The summed E-state index contributed by atoms with van der Waals surface area (Å²) < 4.78 is 7.21. The van der Waals surface area contributed by atoms with Gasteiger partial charge in [0.25, 0.3) is 0 Å². The fourth-order valence-corrected chi connectivity index (χ4v) is 2.08. The van der Waals surface area contributed by atoms with Crippen molar-refractivity contribution in [2.75, 3.05) is 7.11 Å². The van der Waals surface area contributed by atoms with Gasteiger partial charge < -0.3 is 10.5 Å². The SMILES string of the molecule is COc1ccccc1C(N)CCc1ccnn1C. The van der Waals surface area contributed by atoms with E-state index in [1.807, 2.05) is 48.3 Å². The first-order valence-corrected chi connectivity index (χ1v) is 6.07. The van der Waals surface area contributed by atoms with Crippen LogP contribution in [0.15, 0.2) is 36.5 Å². The van der Waals surface area contributed by atoms with Crippen LogP contribution in [0.4, 0.5) is 0 Å². The minimum absolute atomic E-state index is 0.0175. The molecule has 4 heteroatoms. The molecule has 1 heterocycles. The first kappa shape index (κ1) is 12.6. The largest absolute Gasteiger partial charge is 0.496 e. The molecule has 4 nitrogen and oxygen atoms in total. The van der Waals surface area contributed by atoms with Gasteiger partial charge in [0.05, 0.1) is 7.11 Å². The second-order valence-electron chi connectivity index (χ2n) is 4.33. The van der Waals surface area contributed by atoms with E-state index in [0.717, 1.165) is 24.2 Å². The Bertz CT molecular complexity index is 507. The zero-order chi connectivity index (χ0) is 13.0. The van der Waals surface area contributed by atoms with Crippen molar-refractivity contribution in [2.45, 2.75) is 18.9 Å². The Kier molecular flexibility index (Phi) is 3.99. The lowest BCUT2D eigenvalue weighted by molar-refractivity contribution is 0.404. The summed E-state index contributed by atoms with van der Waals surface area (Å²) in [5.74, 6) is 0.856. The summed E-state index contributed by atoms with van der Waals surface area (Å²) in [6.07, 6.45) is 3.60. The monoisotopic (exact) mass is 245 g/mol. The third kappa shape index (κ3) is 2.71. The zero-order valence-electron chi connectivity index (χ0n) is 10.8. The number of methoxy groups -OCH3 is 1. The van der Waals surface area contributed by atoms with Gasteiger partial charge in [-0.05, 0) is 25.0 Å². The molecule has 0 fully saturated rings. The van der Waals surface area contributed by atoms with Gasteiger partial charge in [-0.3, -0.25) is 4.68 Å². The van der Waals surface area contributed by atoms with Gasteiger partial charge >= 0.3 is 0 Å². The lowest BCUT2D eigenvalue weighted by Gasteiger charge is -2.15. The lowest BCUT2D eigenvalue weighted by atomic mass is 10.0. The molecule has 96 valence electrons. The van der Waals surface area contributed by atoms with Crippen LogP contribution >= 0.6 is 0 Å². The number of aryl methyl sites for hydroxylation is 2. The molecule has 0 aliphatic carbocycles. The molecule has 18 heavy (non-hydrogen) atoms. The molecule has 0 aliphatic heterocycles. The second kappa shape index (κ2) is 5.69. The molecular weight excluding hydrogens is 226 g/mol. The third-order valence-electron chi connectivity index (χ3n) is 3.17. The summed E-state index contributed by atoms with van der Waals surface area (Å²) in [7, 11) is 3.62. The molecule has 0 radical (unpaired) electrons. The van der Waals surface area contributed by atoms with Crippen LogP contribution in [-0.2, 0) is 13.5 Å². The number of benzene rings is 1. The van der Waals surface area contributed by atoms with Crippen molar-refractivity contribution in [1.82, 2.24) is 9.78 Å². The molecule has 2 N–H and O–H groups in total. The molecule has 2 aromatic rings. The lowest BCUT2D eigenvalue weighted by Crippen LogP contribution is -2.13. The summed E-state index contributed by atoms with van der Waals surface area (Å²) in [5.41, 5.74) is 8.48. The van der Waals surface area contributed by atoms with Crippen LogP contribution in [0.25, 0.3) is 0 Å². The average Bonchev–Trinajstić information content (AvgIpc) is 2.81. The summed E-state index contributed by atoms with van der Waals surface area (Å²) in [4.78, 5) is 0. The molecule has 2 rings (SSSR count). The Labute approximate surface area is 107 Å². The highest BCUT2D eigenvalue weighted by atomic mass is 16.5. The van der Waals surface area contributed by atoms with Gasteiger partial charge in [0.15, 0.2) is 0 Å². The molecule has 1 unspecified atom stereocenters. The molecule has 0 saturated heterocycles. The summed E-state index contributed by atoms with van der Waals surface area (Å²) in [6, 6.07) is 9.91. The Morgan fingerprint density at radius 1 is 1.33 bits per heavy atom. The van der Waals surface area contributed by atoms with Crippen molar-refractivity contribution in [3.8, 4) is 5.75 Å². The van der Waals surface area contributed by atoms with Crippen LogP contribution in [0.3, 0.4) is 0 Å². The van der Waals surface area contributed by atoms with Crippen LogP contribution in [0.2, 0.25) is 0 Å². The van der Waals surface area contributed by atoms with Crippen LogP contribution < -0.4 is 10.5 Å². The number of nitrogens with two attached hydrogens (primary N) is 1. The van der Waals surface area contributed by atoms with Crippen LogP contribution in [-0.4, -0.2) is 16.9 Å². The quantitative estimate of drug-likeness (QED) is 0.877. The maximum absolute atomic E-state index is 6.23. The van der Waals surface area contributed by atoms with E-state index in [-0.39, 0.29) is 6.04 Å². The molecule has 0 aliphatic rings. The van der Waals surface area contributed by atoms with E-state index in [2.05, 4.69) is 5.10 Å². The van der Waals surface area contributed by atoms with Gasteiger partial charge in [0.1, 0.15) is 5.75 Å². The van der Waals surface area contributed by atoms with E-state index in [1.165, 1.54) is 5.69 Å². The molecular formula is C14H19N3O.